The first-order chi connectivity index (χ1) is 12.5. The Balaban J connectivity index is 1.69. The fourth-order valence-electron chi connectivity index (χ4n) is 3.29. The smallest absolute Gasteiger partial charge is 0.255 e. The van der Waals surface area contributed by atoms with Crippen molar-refractivity contribution in [3.63, 3.8) is 0 Å². The lowest BCUT2D eigenvalue weighted by molar-refractivity contribution is 0.0697. The van der Waals surface area contributed by atoms with E-state index >= 15 is 0 Å². The topological polar surface area (TPSA) is 63.9 Å². The molecule has 1 aliphatic rings. The molecule has 0 radical (unpaired) electrons. The number of aromatic nitrogens is 4. The number of hydrogen-bond donors (Lipinski definition) is 0. The van der Waals surface area contributed by atoms with Crippen LogP contribution in [-0.2, 0) is 0 Å². The summed E-state index contributed by atoms with van der Waals surface area (Å²) in [7, 11) is 0. The Hall–Kier alpha value is -2.47. The number of amides is 1. The van der Waals surface area contributed by atoms with E-state index in [1.807, 2.05) is 22.5 Å². The van der Waals surface area contributed by atoms with Crippen LogP contribution in [0.2, 0.25) is 5.02 Å². The second-order valence-electron chi connectivity index (χ2n) is 6.91. The number of aryl methyl sites for hydroxylation is 1. The highest BCUT2D eigenvalue weighted by molar-refractivity contribution is 6.35. The van der Waals surface area contributed by atoms with E-state index in [-0.39, 0.29) is 5.91 Å². The van der Waals surface area contributed by atoms with Crippen molar-refractivity contribution >= 4 is 28.5 Å². The van der Waals surface area contributed by atoms with Gasteiger partial charge in [-0.15, -0.1) is 0 Å². The van der Waals surface area contributed by atoms with E-state index < -0.39 is 0 Å². The van der Waals surface area contributed by atoms with Crippen molar-refractivity contribution < 1.29 is 4.79 Å². The van der Waals surface area contributed by atoms with Gasteiger partial charge in [0.1, 0.15) is 11.5 Å². The van der Waals surface area contributed by atoms with Crippen LogP contribution in [0, 0.1) is 12.8 Å². The van der Waals surface area contributed by atoms with Gasteiger partial charge in [0.2, 0.25) is 0 Å². The summed E-state index contributed by atoms with van der Waals surface area (Å²) in [6.45, 7) is 5.66. The van der Waals surface area contributed by atoms with Crippen molar-refractivity contribution in [3.05, 3.63) is 47.3 Å². The molecule has 1 saturated heterocycles. The van der Waals surface area contributed by atoms with E-state index in [2.05, 4.69) is 21.9 Å². The van der Waals surface area contributed by atoms with Crippen LogP contribution in [-0.4, -0.2) is 43.4 Å². The third kappa shape index (κ3) is 3.05. The summed E-state index contributed by atoms with van der Waals surface area (Å²) in [6.07, 6.45) is 8.97. The molecule has 0 unspecified atom stereocenters. The maximum Gasteiger partial charge on any atom is 0.255 e. The highest BCUT2D eigenvalue weighted by Gasteiger charge is 2.22. The molecule has 0 spiro atoms. The van der Waals surface area contributed by atoms with E-state index in [1.165, 1.54) is 0 Å². The minimum Gasteiger partial charge on any atom is -0.339 e. The highest BCUT2D eigenvalue weighted by Crippen LogP contribution is 2.28. The standard InChI is InChI=1S/C19H20ClN5O/c1-12-3-5-24(6-4-12)19(26)14-7-16-17(20)11-25(18(16)23-8-14)15-9-21-13(2)22-10-15/h7-12H,3-6H2,1-2H3. The molecule has 0 aromatic carbocycles. The maximum absolute atomic E-state index is 12.8. The van der Waals surface area contributed by atoms with Crippen LogP contribution in [0.5, 0.6) is 0 Å². The van der Waals surface area contributed by atoms with Gasteiger partial charge in [-0.25, -0.2) is 15.0 Å². The number of fused-ring (bicyclic) bond motifs is 1. The Morgan fingerprint density at radius 3 is 2.54 bits per heavy atom. The zero-order valence-electron chi connectivity index (χ0n) is 14.8. The molecule has 0 aliphatic carbocycles. The molecule has 4 rings (SSSR count). The number of halogens is 1. The summed E-state index contributed by atoms with van der Waals surface area (Å²) in [4.78, 5) is 27.6. The summed E-state index contributed by atoms with van der Waals surface area (Å²) in [5.74, 6) is 1.40. The molecule has 6 nitrogen and oxygen atoms in total. The molecule has 1 aliphatic heterocycles. The normalized spacial score (nSPS) is 15.6. The van der Waals surface area contributed by atoms with Gasteiger partial charge < -0.3 is 4.90 Å². The minimum atomic E-state index is 0.0220. The zero-order valence-corrected chi connectivity index (χ0v) is 15.6. The summed E-state index contributed by atoms with van der Waals surface area (Å²) in [5.41, 5.74) is 2.04. The van der Waals surface area contributed by atoms with Gasteiger partial charge in [0.25, 0.3) is 5.91 Å². The molecule has 0 atom stereocenters. The van der Waals surface area contributed by atoms with Crippen molar-refractivity contribution in [3.8, 4) is 5.69 Å². The van der Waals surface area contributed by atoms with E-state index in [1.54, 1.807) is 24.8 Å². The number of pyridine rings is 1. The molecule has 26 heavy (non-hydrogen) atoms. The molecule has 7 heteroatoms. The lowest BCUT2D eigenvalue weighted by Crippen LogP contribution is -2.37. The Labute approximate surface area is 156 Å². The van der Waals surface area contributed by atoms with Crippen LogP contribution in [0.3, 0.4) is 0 Å². The highest BCUT2D eigenvalue weighted by atomic mass is 35.5. The Kier molecular flexibility index (Phi) is 4.36. The monoisotopic (exact) mass is 369 g/mol. The molecular formula is C19H20ClN5O. The molecule has 0 saturated carbocycles. The Bertz CT molecular complexity index is 958. The largest absolute Gasteiger partial charge is 0.339 e. The third-order valence-electron chi connectivity index (χ3n) is 4.96. The number of nitrogens with zero attached hydrogens (tertiary/aromatic N) is 5. The van der Waals surface area contributed by atoms with Gasteiger partial charge in [-0.05, 0) is 31.7 Å². The summed E-state index contributed by atoms with van der Waals surface area (Å²) < 4.78 is 1.84. The van der Waals surface area contributed by atoms with Gasteiger partial charge in [-0.3, -0.25) is 9.36 Å². The van der Waals surface area contributed by atoms with Gasteiger partial charge in [0, 0.05) is 30.9 Å². The van der Waals surface area contributed by atoms with Crippen molar-refractivity contribution in [2.24, 2.45) is 5.92 Å². The second-order valence-corrected chi connectivity index (χ2v) is 7.31. The molecule has 134 valence electrons. The van der Waals surface area contributed by atoms with Crippen LogP contribution in [0.15, 0.2) is 30.9 Å². The SMILES string of the molecule is Cc1ncc(-n2cc(Cl)c3cc(C(=O)N4CCC(C)CC4)cnc32)cn1. The van der Waals surface area contributed by atoms with Crippen LogP contribution in [0.25, 0.3) is 16.7 Å². The summed E-state index contributed by atoms with van der Waals surface area (Å²) >= 11 is 6.41. The number of likely N-dealkylation sites (tertiary alicyclic amines) is 1. The fourth-order valence-corrected chi connectivity index (χ4v) is 3.52. The number of rotatable bonds is 2. The molecule has 0 N–H and O–H groups in total. The maximum atomic E-state index is 12.8. The van der Waals surface area contributed by atoms with E-state index in [0.717, 1.165) is 37.0 Å². The van der Waals surface area contributed by atoms with Gasteiger partial charge in [0.15, 0.2) is 0 Å². The van der Waals surface area contributed by atoms with Gasteiger partial charge in [0.05, 0.1) is 28.7 Å². The lowest BCUT2D eigenvalue weighted by Gasteiger charge is -2.30. The molecule has 1 fully saturated rings. The first-order valence-corrected chi connectivity index (χ1v) is 9.15. The van der Waals surface area contributed by atoms with E-state index in [9.17, 15) is 4.79 Å². The number of piperidine rings is 1. The Morgan fingerprint density at radius 1 is 1.15 bits per heavy atom. The molecule has 1 amide bonds. The molecule has 4 heterocycles. The molecule has 3 aromatic rings. The predicted octanol–water partition coefficient (Wildman–Crippen LogP) is 3.65. The van der Waals surface area contributed by atoms with Crippen LogP contribution < -0.4 is 0 Å². The molecule has 0 bridgehead atoms. The van der Waals surface area contributed by atoms with Gasteiger partial charge >= 0.3 is 0 Å². The zero-order chi connectivity index (χ0) is 18.3. The number of hydrogen-bond acceptors (Lipinski definition) is 4. The Morgan fingerprint density at radius 2 is 1.85 bits per heavy atom. The summed E-state index contributed by atoms with van der Waals surface area (Å²) in [6, 6.07) is 1.83. The quantitative estimate of drug-likeness (QED) is 0.691. The minimum absolute atomic E-state index is 0.0220. The first-order valence-electron chi connectivity index (χ1n) is 8.78. The summed E-state index contributed by atoms with van der Waals surface area (Å²) in [5, 5.41) is 1.30. The lowest BCUT2D eigenvalue weighted by atomic mass is 9.99. The van der Waals surface area contributed by atoms with Crippen LogP contribution >= 0.6 is 11.6 Å². The fraction of sp³-hybridized carbons (Fsp3) is 0.368. The second kappa shape index (κ2) is 6.68. The van der Waals surface area contributed by atoms with Crippen molar-refractivity contribution in [1.82, 2.24) is 24.4 Å². The van der Waals surface area contributed by atoms with Crippen molar-refractivity contribution in [2.45, 2.75) is 26.7 Å². The molecule has 3 aromatic heterocycles. The van der Waals surface area contributed by atoms with Crippen LogP contribution in [0.1, 0.15) is 35.9 Å². The van der Waals surface area contributed by atoms with Gasteiger partial charge in [-0.2, -0.15) is 0 Å². The van der Waals surface area contributed by atoms with Crippen molar-refractivity contribution in [1.29, 1.82) is 0 Å². The first kappa shape index (κ1) is 17.0. The number of carbonyl (C=O) groups excluding carboxylic acids is 1. The molecular weight excluding hydrogens is 350 g/mol. The van der Waals surface area contributed by atoms with Crippen molar-refractivity contribution in [2.75, 3.05) is 13.1 Å². The van der Waals surface area contributed by atoms with E-state index in [0.29, 0.717) is 28.0 Å². The van der Waals surface area contributed by atoms with Crippen LogP contribution in [0.4, 0.5) is 0 Å². The average molecular weight is 370 g/mol. The predicted molar refractivity (Wildman–Crippen MR) is 101 cm³/mol. The van der Waals surface area contributed by atoms with Gasteiger partial charge in [-0.1, -0.05) is 18.5 Å². The average Bonchev–Trinajstić information content (AvgIpc) is 2.99. The number of carbonyl (C=O) groups is 1. The van der Waals surface area contributed by atoms with E-state index in [4.69, 9.17) is 11.6 Å². The third-order valence-corrected chi connectivity index (χ3v) is 5.26.